The smallest absolute Gasteiger partial charge is 0.144 e. The van der Waals surface area contributed by atoms with E-state index in [4.69, 9.17) is 4.74 Å². The summed E-state index contributed by atoms with van der Waals surface area (Å²) >= 11 is 0. The Kier molecular flexibility index (Phi) is 4.13. The molecule has 1 fully saturated rings. The quantitative estimate of drug-likeness (QED) is 0.498. The van der Waals surface area contributed by atoms with Crippen LogP contribution in [-0.2, 0) is 4.74 Å². The van der Waals surface area contributed by atoms with Crippen molar-refractivity contribution in [3.8, 4) is 11.8 Å². The third kappa shape index (κ3) is 2.84. The van der Waals surface area contributed by atoms with E-state index < -0.39 is 0 Å². The van der Waals surface area contributed by atoms with Gasteiger partial charge in [0, 0.05) is 12.8 Å². The van der Waals surface area contributed by atoms with Crippen LogP contribution in [0.4, 0.5) is 0 Å². The largest absolute Gasteiger partial charge is 0.389 e. The molecule has 0 spiro atoms. The Morgan fingerprint density at radius 1 is 1.58 bits per heavy atom. The molecule has 1 aliphatic heterocycles. The molecule has 1 heterocycles. The molecule has 0 radical (unpaired) electrons. The first-order chi connectivity index (χ1) is 5.84. The molecule has 0 unspecified atom stereocenters. The first-order valence-electron chi connectivity index (χ1n) is 4.62. The van der Waals surface area contributed by atoms with Crippen molar-refractivity contribution >= 4 is 0 Å². The standard InChI is InChI=1S/C10H16O2/c1-2-3-4-5-6-10-9(11)7-8-12-10/h9-11H,2-4,7-8H2,1H3/t9-,10+/m1/s1. The van der Waals surface area contributed by atoms with E-state index in [0.717, 1.165) is 19.3 Å². The first-order valence-corrected chi connectivity index (χ1v) is 4.62. The Morgan fingerprint density at radius 2 is 2.42 bits per heavy atom. The van der Waals surface area contributed by atoms with Crippen molar-refractivity contribution < 1.29 is 9.84 Å². The molecule has 1 rings (SSSR count). The van der Waals surface area contributed by atoms with Crippen LogP contribution in [0.1, 0.15) is 32.6 Å². The van der Waals surface area contributed by atoms with E-state index in [1.165, 1.54) is 6.42 Å². The molecule has 68 valence electrons. The van der Waals surface area contributed by atoms with Gasteiger partial charge in [0.25, 0.3) is 0 Å². The minimum atomic E-state index is -0.362. The van der Waals surface area contributed by atoms with Crippen molar-refractivity contribution in [3.05, 3.63) is 0 Å². The molecule has 2 heteroatoms. The van der Waals surface area contributed by atoms with Gasteiger partial charge in [0.05, 0.1) is 12.7 Å². The lowest BCUT2D eigenvalue weighted by Crippen LogP contribution is -2.18. The number of rotatable bonds is 2. The van der Waals surface area contributed by atoms with Crippen molar-refractivity contribution in [2.45, 2.75) is 44.8 Å². The van der Waals surface area contributed by atoms with Crippen LogP contribution in [0.25, 0.3) is 0 Å². The predicted octanol–water partition coefficient (Wildman–Crippen LogP) is 1.33. The Labute approximate surface area is 73.9 Å². The summed E-state index contributed by atoms with van der Waals surface area (Å²) in [7, 11) is 0. The highest BCUT2D eigenvalue weighted by molar-refractivity contribution is 5.08. The molecule has 0 aliphatic carbocycles. The van der Waals surface area contributed by atoms with Gasteiger partial charge in [-0.2, -0.15) is 0 Å². The molecule has 1 saturated heterocycles. The SMILES string of the molecule is CCCCC#C[C@@H]1OCC[C@H]1O. The molecule has 1 aliphatic rings. The Balaban J connectivity index is 2.22. The maximum atomic E-state index is 9.32. The summed E-state index contributed by atoms with van der Waals surface area (Å²) in [5.74, 6) is 5.97. The summed E-state index contributed by atoms with van der Waals surface area (Å²) in [6.45, 7) is 2.79. The predicted molar refractivity (Wildman–Crippen MR) is 47.7 cm³/mol. The lowest BCUT2D eigenvalue weighted by molar-refractivity contribution is 0.0811. The molecule has 2 atom stereocenters. The zero-order chi connectivity index (χ0) is 8.81. The summed E-state index contributed by atoms with van der Waals surface area (Å²) in [6, 6.07) is 0. The highest BCUT2D eigenvalue weighted by Crippen LogP contribution is 2.11. The molecule has 0 aromatic heterocycles. The molecule has 0 aromatic carbocycles. The molecule has 1 N–H and O–H groups in total. The Hall–Kier alpha value is -0.520. The normalized spacial score (nSPS) is 28.2. The van der Waals surface area contributed by atoms with Gasteiger partial charge in [0.15, 0.2) is 0 Å². The highest BCUT2D eigenvalue weighted by Gasteiger charge is 2.23. The molecular weight excluding hydrogens is 152 g/mol. The van der Waals surface area contributed by atoms with Crippen molar-refractivity contribution in [3.63, 3.8) is 0 Å². The second-order valence-corrected chi connectivity index (χ2v) is 3.07. The fourth-order valence-corrected chi connectivity index (χ4v) is 1.15. The molecule has 0 aromatic rings. The number of hydrogen-bond donors (Lipinski definition) is 1. The summed E-state index contributed by atoms with van der Waals surface area (Å²) in [5, 5.41) is 9.32. The van der Waals surface area contributed by atoms with Crippen LogP contribution in [0.3, 0.4) is 0 Å². The molecule has 0 saturated carbocycles. The number of unbranched alkanes of at least 4 members (excludes halogenated alkanes) is 2. The van der Waals surface area contributed by atoms with E-state index in [9.17, 15) is 5.11 Å². The average molecular weight is 168 g/mol. The molecular formula is C10H16O2. The maximum absolute atomic E-state index is 9.32. The van der Waals surface area contributed by atoms with Crippen LogP contribution in [0.2, 0.25) is 0 Å². The Morgan fingerprint density at radius 3 is 3.00 bits per heavy atom. The van der Waals surface area contributed by atoms with Gasteiger partial charge in [0.1, 0.15) is 6.10 Å². The number of aliphatic hydroxyl groups is 1. The minimum absolute atomic E-state index is 0.221. The Bertz CT molecular complexity index is 178. The van der Waals surface area contributed by atoms with Gasteiger partial charge in [-0.1, -0.05) is 19.3 Å². The van der Waals surface area contributed by atoms with Crippen LogP contribution >= 0.6 is 0 Å². The maximum Gasteiger partial charge on any atom is 0.144 e. The fraction of sp³-hybridized carbons (Fsp3) is 0.800. The third-order valence-electron chi connectivity index (χ3n) is 1.96. The highest BCUT2D eigenvalue weighted by atomic mass is 16.5. The zero-order valence-electron chi connectivity index (χ0n) is 7.55. The second-order valence-electron chi connectivity index (χ2n) is 3.07. The van der Waals surface area contributed by atoms with Gasteiger partial charge in [-0.3, -0.25) is 0 Å². The number of aliphatic hydroxyl groups excluding tert-OH is 1. The molecule has 2 nitrogen and oxygen atoms in total. The minimum Gasteiger partial charge on any atom is -0.389 e. The monoisotopic (exact) mass is 168 g/mol. The van der Waals surface area contributed by atoms with E-state index in [-0.39, 0.29) is 12.2 Å². The second kappa shape index (κ2) is 5.18. The van der Waals surface area contributed by atoms with Crippen LogP contribution in [0.5, 0.6) is 0 Å². The van der Waals surface area contributed by atoms with Gasteiger partial charge in [0.2, 0.25) is 0 Å². The van der Waals surface area contributed by atoms with Gasteiger partial charge in [-0.15, -0.1) is 5.92 Å². The summed E-state index contributed by atoms with van der Waals surface area (Å²) in [6.07, 6.45) is 3.37. The topological polar surface area (TPSA) is 29.5 Å². The van der Waals surface area contributed by atoms with E-state index in [0.29, 0.717) is 6.61 Å². The molecule has 0 bridgehead atoms. The lowest BCUT2D eigenvalue weighted by Gasteiger charge is -2.04. The van der Waals surface area contributed by atoms with Crippen LogP contribution in [0.15, 0.2) is 0 Å². The van der Waals surface area contributed by atoms with Crippen molar-refractivity contribution in [1.82, 2.24) is 0 Å². The average Bonchev–Trinajstić information content (AvgIpc) is 2.46. The fourth-order valence-electron chi connectivity index (χ4n) is 1.15. The van der Waals surface area contributed by atoms with Gasteiger partial charge >= 0.3 is 0 Å². The van der Waals surface area contributed by atoms with Crippen molar-refractivity contribution in [2.24, 2.45) is 0 Å². The molecule has 12 heavy (non-hydrogen) atoms. The summed E-state index contributed by atoms with van der Waals surface area (Å²) in [4.78, 5) is 0. The van der Waals surface area contributed by atoms with Crippen molar-refractivity contribution in [1.29, 1.82) is 0 Å². The molecule has 0 amide bonds. The first kappa shape index (κ1) is 9.57. The van der Waals surface area contributed by atoms with Crippen LogP contribution in [0, 0.1) is 11.8 Å². The van der Waals surface area contributed by atoms with Crippen molar-refractivity contribution in [2.75, 3.05) is 6.61 Å². The number of ether oxygens (including phenoxy) is 1. The van der Waals surface area contributed by atoms with Gasteiger partial charge in [-0.25, -0.2) is 0 Å². The summed E-state index contributed by atoms with van der Waals surface area (Å²) < 4.78 is 5.22. The van der Waals surface area contributed by atoms with Gasteiger partial charge in [-0.05, 0) is 6.42 Å². The van der Waals surface area contributed by atoms with E-state index in [1.54, 1.807) is 0 Å². The van der Waals surface area contributed by atoms with E-state index in [2.05, 4.69) is 18.8 Å². The van der Waals surface area contributed by atoms with E-state index >= 15 is 0 Å². The van der Waals surface area contributed by atoms with Crippen LogP contribution in [-0.4, -0.2) is 23.9 Å². The van der Waals surface area contributed by atoms with Crippen LogP contribution < -0.4 is 0 Å². The number of hydrogen-bond acceptors (Lipinski definition) is 2. The van der Waals surface area contributed by atoms with Gasteiger partial charge < -0.3 is 9.84 Å². The lowest BCUT2D eigenvalue weighted by atomic mass is 10.2. The zero-order valence-corrected chi connectivity index (χ0v) is 7.55. The van der Waals surface area contributed by atoms with E-state index in [1.807, 2.05) is 0 Å². The third-order valence-corrected chi connectivity index (χ3v) is 1.96. The summed E-state index contributed by atoms with van der Waals surface area (Å²) in [5.41, 5.74) is 0.